The van der Waals surface area contributed by atoms with Gasteiger partial charge in [0.25, 0.3) is 0 Å². The first-order valence-electron chi connectivity index (χ1n) is 6.63. The topological polar surface area (TPSA) is 92.2 Å². The summed E-state index contributed by atoms with van der Waals surface area (Å²) in [7, 11) is 0. The highest BCUT2D eigenvalue weighted by Crippen LogP contribution is 2.13. The Bertz CT molecular complexity index is 382. The summed E-state index contributed by atoms with van der Waals surface area (Å²) in [6, 6.07) is 0.194. The molecule has 108 valence electrons. The van der Waals surface area contributed by atoms with E-state index in [0.29, 0.717) is 18.4 Å². The minimum Gasteiger partial charge on any atom is -0.461 e. The van der Waals surface area contributed by atoms with E-state index in [0.717, 1.165) is 6.42 Å². The molecule has 0 aliphatic heterocycles. The predicted molar refractivity (Wildman–Crippen MR) is 74.5 cm³/mol. The van der Waals surface area contributed by atoms with Crippen molar-refractivity contribution >= 4 is 11.9 Å². The van der Waals surface area contributed by atoms with Gasteiger partial charge in [-0.15, -0.1) is 0 Å². The Balaban J connectivity index is 2.91. The molecule has 0 aromatic carbocycles. The zero-order chi connectivity index (χ0) is 14.3. The Hall–Kier alpha value is -1.63. The van der Waals surface area contributed by atoms with Gasteiger partial charge in [0, 0.05) is 6.54 Å². The lowest BCUT2D eigenvalue weighted by atomic mass is 10.2. The number of hydrogen-bond donors (Lipinski definition) is 3. The van der Waals surface area contributed by atoms with Crippen LogP contribution in [0.5, 0.6) is 6.01 Å². The number of nitrogens with one attached hydrogen (secondary N) is 2. The molecule has 7 heteroatoms. The van der Waals surface area contributed by atoms with Crippen molar-refractivity contribution < 1.29 is 9.84 Å². The molecule has 1 atom stereocenters. The van der Waals surface area contributed by atoms with Crippen LogP contribution >= 0.6 is 0 Å². The molecule has 0 aliphatic rings. The van der Waals surface area contributed by atoms with Crippen molar-refractivity contribution in [3.05, 3.63) is 0 Å². The maximum Gasteiger partial charge on any atom is 0.323 e. The first kappa shape index (κ1) is 15.4. The van der Waals surface area contributed by atoms with Gasteiger partial charge in [0.1, 0.15) is 0 Å². The van der Waals surface area contributed by atoms with Gasteiger partial charge in [0.2, 0.25) is 11.9 Å². The molecule has 1 heterocycles. The van der Waals surface area contributed by atoms with Gasteiger partial charge in [-0.2, -0.15) is 15.0 Å². The van der Waals surface area contributed by atoms with Gasteiger partial charge in [-0.05, 0) is 27.2 Å². The number of nitrogens with zero attached hydrogens (tertiary/aromatic N) is 3. The Morgan fingerprint density at radius 1 is 1.16 bits per heavy atom. The van der Waals surface area contributed by atoms with Gasteiger partial charge in [0.05, 0.1) is 18.8 Å². The van der Waals surface area contributed by atoms with Crippen LogP contribution in [-0.4, -0.2) is 45.4 Å². The average molecular weight is 269 g/mol. The van der Waals surface area contributed by atoms with Crippen LogP contribution in [0, 0.1) is 0 Å². The molecule has 0 radical (unpaired) electrons. The summed E-state index contributed by atoms with van der Waals surface area (Å²) in [5.74, 6) is 0.867. The smallest absolute Gasteiger partial charge is 0.323 e. The van der Waals surface area contributed by atoms with Crippen LogP contribution in [0.3, 0.4) is 0 Å². The summed E-state index contributed by atoms with van der Waals surface area (Å²) in [5.41, 5.74) is 0. The van der Waals surface area contributed by atoms with E-state index >= 15 is 0 Å². The van der Waals surface area contributed by atoms with E-state index in [4.69, 9.17) is 4.74 Å². The molecule has 19 heavy (non-hydrogen) atoms. The van der Waals surface area contributed by atoms with E-state index < -0.39 is 0 Å². The molecule has 1 aromatic rings. The highest BCUT2D eigenvalue weighted by Gasteiger charge is 2.11. The second-order valence-electron chi connectivity index (χ2n) is 4.39. The standard InChI is InChI=1S/C12H23N5O2/c1-5-9(7-18)14-11-15-10(13-6-2)16-12(17-11)19-8(3)4/h8-9,18H,5-7H2,1-4H3,(H2,13,14,15,16,17). The molecule has 7 nitrogen and oxygen atoms in total. The first-order chi connectivity index (χ1) is 9.08. The lowest BCUT2D eigenvalue weighted by Crippen LogP contribution is -2.24. The van der Waals surface area contributed by atoms with E-state index in [1.807, 2.05) is 27.7 Å². The minimum absolute atomic E-state index is 0.00968. The van der Waals surface area contributed by atoms with E-state index in [2.05, 4.69) is 25.6 Å². The fourth-order valence-electron chi connectivity index (χ4n) is 1.38. The van der Waals surface area contributed by atoms with Crippen molar-refractivity contribution in [1.29, 1.82) is 0 Å². The summed E-state index contributed by atoms with van der Waals surface area (Å²) in [6.07, 6.45) is 0.767. The van der Waals surface area contributed by atoms with Gasteiger partial charge in [-0.25, -0.2) is 0 Å². The van der Waals surface area contributed by atoms with Crippen LogP contribution in [0.1, 0.15) is 34.1 Å². The van der Waals surface area contributed by atoms with Gasteiger partial charge in [-0.1, -0.05) is 6.92 Å². The van der Waals surface area contributed by atoms with Crippen LogP contribution in [0.2, 0.25) is 0 Å². The summed E-state index contributed by atoms with van der Waals surface area (Å²) in [6.45, 7) is 8.49. The molecule has 0 saturated heterocycles. The molecule has 1 unspecified atom stereocenters. The number of ether oxygens (including phenoxy) is 1. The Kier molecular flexibility index (Phi) is 6.27. The third kappa shape index (κ3) is 5.25. The Morgan fingerprint density at radius 2 is 1.84 bits per heavy atom. The van der Waals surface area contributed by atoms with Crippen LogP contribution in [-0.2, 0) is 0 Å². The second-order valence-corrected chi connectivity index (χ2v) is 4.39. The lowest BCUT2D eigenvalue weighted by molar-refractivity contribution is 0.222. The molecule has 0 amide bonds. The number of hydrogen-bond acceptors (Lipinski definition) is 7. The van der Waals surface area contributed by atoms with E-state index in [9.17, 15) is 5.11 Å². The van der Waals surface area contributed by atoms with E-state index in [-0.39, 0.29) is 24.8 Å². The quantitative estimate of drug-likeness (QED) is 0.654. The molecule has 1 rings (SSSR count). The van der Waals surface area contributed by atoms with Crippen LogP contribution in [0.15, 0.2) is 0 Å². The molecule has 0 saturated carbocycles. The van der Waals surface area contributed by atoms with Crippen molar-refractivity contribution in [2.75, 3.05) is 23.8 Å². The van der Waals surface area contributed by atoms with Crippen molar-refractivity contribution in [2.24, 2.45) is 0 Å². The van der Waals surface area contributed by atoms with Crippen molar-refractivity contribution in [1.82, 2.24) is 15.0 Å². The van der Waals surface area contributed by atoms with Gasteiger partial charge < -0.3 is 20.5 Å². The van der Waals surface area contributed by atoms with Gasteiger partial charge in [0.15, 0.2) is 0 Å². The summed E-state index contributed by atoms with van der Waals surface area (Å²) in [5, 5.41) is 15.3. The zero-order valence-electron chi connectivity index (χ0n) is 12.0. The maximum absolute atomic E-state index is 9.19. The fourth-order valence-corrected chi connectivity index (χ4v) is 1.38. The highest BCUT2D eigenvalue weighted by atomic mass is 16.5. The van der Waals surface area contributed by atoms with Crippen molar-refractivity contribution in [2.45, 2.75) is 46.3 Å². The number of aliphatic hydroxyl groups excluding tert-OH is 1. The predicted octanol–water partition coefficient (Wildman–Crippen LogP) is 1.27. The molecule has 0 fully saturated rings. The van der Waals surface area contributed by atoms with Crippen LogP contribution in [0.25, 0.3) is 0 Å². The maximum atomic E-state index is 9.19. The molecular weight excluding hydrogens is 246 g/mol. The molecular formula is C12H23N5O2. The third-order valence-corrected chi connectivity index (χ3v) is 2.34. The first-order valence-corrected chi connectivity index (χ1v) is 6.63. The number of aromatic nitrogens is 3. The summed E-state index contributed by atoms with van der Waals surface area (Å²) < 4.78 is 5.49. The Labute approximate surface area is 113 Å². The number of anilines is 2. The normalized spacial score (nSPS) is 12.3. The molecule has 1 aromatic heterocycles. The minimum atomic E-state index is -0.0798. The van der Waals surface area contributed by atoms with E-state index in [1.165, 1.54) is 0 Å². The molecule has 0 spiro atoms. The zero-order valence-corrected chi connectivity index (χ0v) is 12.0. The molecule has 0 bridgehead atoms. The Morgan fingerprint density at radius 3 is 2.37 bits per heavy atom. The largest absolute Gasteiger partial charge is 0.461 e. The third-order valence-electron chi connectivity index (χ3n) is 2.34. The van der Waals surface area contributed by atoms with E-state index in [1.54, 1.807) is 0 Å². The molecule has 0 aliphatic carbocycles. The molecule has 3 N–H and O–H groups in total. The number of aliphatic hydroxyl groups is 1. The SMILES string of the molecule is CCNc1nc(NC(CC)CO)nc(OC(C)C)n1. The van der Waals surface area contributed by atoms with Crippen LogP contribution in [0.4, 0.5) is 11.9 Å². The van der Waals surface area contributed by atoms with Gasteiger partial charge in [-0.3, -0.25) is 0 Å². The van der Waals surface area contributed by atoms with Crippen molar-refractivity contribution in [3.63, 3.8) is 0 Å². The van der Waals surface area contributed by atoms with Gasteiger partial charge >= 0.3 is 6.01 Å². The second kappa shape index (κ2) is 7.73. The average Bonchev–Trinajstić information content (AvgIpc) is 2.35. The monoisotopic (exact) mass is 269 g/mol. The van der Waals surface area contributed by atoms with Crippen molar-refractivity contribution in [3.8, 4) is 6.01 Å². The van der Waals surface area contributed by atoms with Crippen LogP contribution < -0.4 is 15.4 Å². The number of rotatable bonds is 8. The highest BCUT2D eigenvalue weighted by molar-refractivity contribution is 5.36. The summed E-state index contributed by atoms with van der Waals surface area (Å²) >= 11 is 0. The lowest BCUT2D eigenvalue weighted by Gasteiger charge is -2.15. The summed E-state index contributed by atoms with van der Waals surface area (Å²) in [4.78, 5) is 12.6. The fraction of sp³-hybridized carbons (Fsp3) is 0.750.